The summed E-state index contributed by atoms with van der Waals surface area (Å²) in [5.74, 6) is 0.145. The first-order valence-electron chi connectivity index (χ1n) is 7.08. The molecular formula is C13H23NO4S. The largest absolute Gasteiger partial charge is 0.388 e. The van der Waals surface area contributed by atoms with Crippen LogP contribution in [0.5, 0.6) is 0 Å². The predicted octanol–water partition coefficient (Wildman–Crippen LogP) is 0.623. The molecule has 1 aliphatic heterocycles. The zero-order valence-electron chi connectivity index (χ0n) is 11.2. The Morgan fingerprint density at radius 2 is 1.95 bits per heavy atom. The second kappa shape index (κ2) is 5.79. The van der Waals surface area contributed by atoms with Gasteiger partial charge in [0, 0.05) is 13.0 Å². The van der Waals surface area contributed by atoms with Crippen LogP contribution in [0.4, 0.5) is 0 Å². The molecule has 2 aliphatic rings. The summed E-state index contributed by atoms with van der Waals surface area (Å²) in [6.07, 6.45) is 5.49. The summed E-state index contributed by atoms with van der Waals surface area (Å²) in [7, 11) is -2.92. The molecule has 2 N–H and O–H groups in total. The van der Waals surface area contributed by atoms with Crippen molar-refractivity contribution in [3.05, 3.63) is 0 Å². The molecule has 2 fully saturated rings. The molecule has 1 saturated heterocycles. The molecule has 1 aliphatic carbocycles. The quantitative estimate of drug-likeness (QED) is 0.795. The minimum absolute atomic E-state index is 0.0500. The van der Waals surface area contributed by atoms with Crippen molar-refractivity contribution in [2.75, 3.05) is 18.1 Å². The van der Waals surface area contributed by atoms with Gasteiger partial charge in [-0.1, -0.05) is 19.3 Å². The van der Waals surface area contributed by atoms with Crippen molar-refractivity contribution < 1.29 is 18.3 Å². The highest BCUT2D eigenvalue weighted by atomic mass is 32.2. The molecular weight excluding hydrogens is 266 g/mol. The van der Waals surface area contributed by atoms with Gasteiger partial charge >= 0.3 is 0 Å². The van der Waals surface area contributed by atoms with Gasteiger partial charge in [-0.2, -0.15) is 0 Å². The third kappa shape index (κ3) is 4.45. The molecule has 1 atom stereocenters. The molecule has 1 heterocycles. The van der Waals surface area contributed by atoms with Gasteiger partial charge in [0.15, 0.2) is 9.84 Å². The first-order chi connectivity index (χ1) is 8.89. The van der Waals surface area contributed by atoms with Crippen LogP contribution in [-0.2, 0) is 14.6 Å². The van der Waals surface area contributed by atoms with Crippen LogP contribution in [0.1, 0.15) is 44.9 Å². The molecule has 1 amide bonds. The Labute approximate surface area is 114 Å². The zero-order valence-corrected chi connectivity index (χ0v) is 12.0. The summed E-state index contributed by atoms with van der Waals surface area (Å²) in [5, 5.41) is 13.0. The molecule has 6 heteroatoms. The van der Waals surface area contributed by atoms with E-state index in [4.69, 9.17) is 0 Å². The molecule has 0 aromatic heterocycles. The van der Waals surface area contributed by atoms with Crippen LogP contribution in [0.3, 0.4) is 0 Å². The van der Waals surface area contributed by atoms with Crippen LogP contribution in [0.15, 0.2) is 0 Å². The summed E-state index contributed by atoms with van der Waals surface area (Å²) in [6, 6.07) is 0. The van der Waals surface area contributed by atoms with Crippen molar-refractivity contribution in [3.8, 4) is 0 Å². The number of amides is 1. The zero-order chi connectivity index (χ0) is 13.9. The summed E-state index contributed by atoms with van der Waals surface area (Å²) in [6.45, 7) is 0.297. The van der Waals surface area contributed by atoms with E-state index in [9.17, 15) is 18.3 Å². The minimum Gasteiger partial charge on any atom is -0.388 e. The fourth-order valence-electron chi connectivity index (χ4n) is 3.02. The Morgan fingerprint density at radius 1 is 1.26 bits per heavy atom. The fraction of sp³-hybridized carbons (Fsp3) is 0.923. The van der Waals surface area contributed by atoms with E-state index in [1.54, 1.807) is 0 Å². The van der Waals surface area contributed by atoms with Crippen molar-refractivity contribution in [2.24, 2.45) is 5.92 Å². The lowest BCUT2D eigenvalue weighted by Crippen LogP contribution is -2.44. The molecule has 0 radical (unpaired) electrons. The summed E-state index contributed by atoms with van der Waals surface area (Å²) >= 11 is 0. The average molecular weight is 289 g/mol. The van der Waals surface area contributed by atoms with E-state index < -0.39 is 15.4 Å². The molecule has 19 heavy (non-hydrogen) atoms. The Balaban J connectivity index is 1.73. The van der Waals surface area contributed by atoms with E-state index in [2.05, 4.69) is 5.32 Å². The molecule has 1 unspecified atom stereocenters. The van der Waals surface area contributed by atoms with Crippen LogP contribution in [-0.4, -0.2) is 43.1 Å². The van der Waals surface area contributed by atoms with Gasteiger partial charge in [0.1, 0.15) is 0 Å². The van der Waals surface area contributed by atoms with E-state index in [1.165, 1.54) is 0 Å². The lowest BCUT2D eigenvalue weighted by atomic mass is 9.85. The topological polar surface area (TPSA) is 83.5 Å². The van der Waals surface area contributed by atoms with Gasteiger partial charge in [-0.3, -0.25) is 4.79 Å². The third-order valence-electron chi connectivity index (χ3n) is 4.20. The summed E-state index contributed by atoms with van der Waals surface area (Å²) in [5.41, 5.74) is -0.754. The van der Waals surface area contributed by atoms with E-state index >= 15 is 0 Å². The second-order valence-electron chi connectivity index (χ2n) is 6.03. The highest BCUT2D eigenvalue weighted by Gasteiger charge is 2.32. The van der Waals surface area contributed by atoms with Crippen LogP contribution >= 0.6 is 0 Å². The highest BCUT2D eigenvalue weighted by Crippen LogP contribution is 2.27. The standard InChI is InChI=1S/C13H23NO4S/c15-12(8-11-4-7-19(17,18)9-11)14-10-13(16)5-2-1-3-6-13/h11,16H,1-10H2,(H,14,15). The first kappa shape index (κ1) is 14.8. The van der Waals surface area contributed by atoms with Crippen molar-refractivity contribution >= 4 is 15.7 Å². The maximum atomic E-state index is 11.8. The van der Waals surface area contributed by atoms with Crippen LogP contribution < -0.4 is 5.32 Å². The maximum Gasteiger partial charge on any atom is 0.220 e. The average Bonchev–Trinajstić information content (AvgIpc) is 2.67. The molecule has 0 bridgehead atoms. The number of nitrogens with one attached hydrogen (secondary N) is 1. The normalized spacial score (nSPS) is 29.0. The Bertz CT molecular complexity index is 426. The van der Waals surface area contributed by atoms with Crippen molar-refractivity contribution in [1.29, 1.82) is 0 Å². The first-order valence-corrected chi connectivity index (χ1v) is 8.90. The number of aliphatic hydroxyl groups is 1. The summed E-state index contributed by atoms with van der Waals surface area (Å²) in [4.78, 5) is 11.8. The SMILES string of the molecule is O=C(CC1CCS(=O)(=O)C1)NCC1(O)CCCCC1. The van der Waals surface area contributed by atoms with Gasteiger partial charge in [0.25, 0.3) is 0 Å². The second-order valence-corrected chi connectivity index (χ2v) is 8.26. The van der Waals surface area contributed by atoms with Gasteiger partial charge in [-0.05, 0) is 25.2 Å². The molecule has 0 spiro atoms. The third-order valence-corrected chi connectivity index (χ3v) is 6.04. The molecule has 110 valence electrons. The van der Waals surface area contributed by atoms with Gasteiger partial charge in [0.2, 0.25) is 5.91 Å². The van der Waals surface area contributed by atoms with E-state index in [0.29, 0.717) is 13.0 Å². The molecule has 5 nitrogen and oxygen atoms in total. The Morgan fingerprint density at radius 3 is 2.53 bits per heavy atom. The highest BCUT2D eigenvalue weighted by molar-refractivity contribution is 7.91. The fourth-order valence-corrected chi connectivity index (χ4v) is 4.88. The van der Waals surface area contributed by atoms with E-state index in [1.807, 2.05) is 0 Å². The van der Waals surface area contributed by atoms with Gasteiger partial charge in [0.05, 0.1) is 17.1 Å². The Kier molecular flexibility index (Phi) is 4.50. The van der Waals surface area contributed by atoms with Crippen molar-refractivity contribution in [3.63, 3.8) is 0 Å². The predicted molar refractivity (Wildman–Crippen MR) is 72.4 cm³/mol. The number of carbonyl (C=O) groups excluding carboxylic acids is 1. The van der Waals surface area contributed by atoms with E-state index in [0.717, 1.165) is 32.1 Å². The number of hydrogen-bond donors (Lipinski definition) is 2. The lowest BCUT2D eigenvalue weighted by molar-refractivity contribution is -0.123. The molecule has 0 aromatic rings. The monoisotopic (exact) mass is 289 g/mol. The van der Waals surface area contributed by atoms with Crippen molar-refractivity contribution in [1.82, 2.24) is 5.32 Å². The van der Waals surface area contributed by atoms with Gasteiger partial charge in [-0.25, -0.2) is 8.42 Å². The number of carbonyl (C=O) groups is 1. The molecule has 0 aromatic carbocycles. The smallest absolute Gasteiger partial charge is 0.220 e. The minimum atomic E-state index is -2.92. The van der Waals surface area contributed by atoms with E-state index in [-0.39, 0.29) is 29.8 Å². The number of hydrogen-bond acceptors (Lipinski definition) is 4. The number of sulfone groups is 1. The van der Waals surface area contributed by atoms with Crippen LogP contribution in [0.25, 0.3) is 0 Å². The summed E-state index contributed by atoms with van der Waals surface area (Å²) < 4.78 is 22.6. The Hall–Kier alpha value is -0.620. The molecule has 1 saturated carbocycles. The van der Waals surface area contributed by atoms with Crippen LogP contribution in [0.2, 0.25) is 0 Å². The molecule has 2 rings (SSSR count). The number of rotatable bonds is 4. The lowest BCUT2D eigenvalue weighted by Gasteiger charge is -2.32. The van der Waals surface area contributed by atoms with Gasteiger partial charge < -0.3 is 10.4 Å². The maximum absolute atomic E-state index is 11.8. The van der Waals surface area contributed by atoms with Crippen molar-refractivity contribution in [2.45, 2.75) is 50.5 Å². The van der Waals surface area contributed by atoms with Crippen LogP contribution in [0, 0.1) is 5.92 Å². The van der Waals surface area contributed by atoms with Gasteiger partial charge in [-0.15, -0.1) is 0 Å².